The average molecular weight is 197 g/mol. The molecule has 1 fully saturated rings. The molecule has 0 bridgehead atoms. The molecular weight excluding hydrogens is 188 g/mol. The molecule has 13 heavy (non-hydrogen) atoms. The van der Waals surface area contributed by atoms with Crippen molar-refractivity contribution in [3.63, 3.8) is 0 Å². The number of aromatic nitrogens is 1. The molecule has 1 aromatic rings. The standard InChI is InChI=1S/C9H9ClN2O/c10-8-5-11-2-1-7(8)6-3-9(13)12-4-6/h1-2,5-6H,3-4H2,(H,12,13). The van der Waals surface area contributed by atoms with Gasteiger partial charge in [-0.3, -0.25) is 9.78 Å². The first-order valence-electron chi connectivity index (χ1n) is 4.13. The lowest BCUT2D eigenvalue weighted by Gasteiger charge is -2.08. The van der Waals surface area contributed by atoms with Gasteiger partial charge in [0.05, 0.1) is 5.02 Å². The molecule has 0 aromatic carbocycles. The molecule has 0 aliphatic carbocycles. The van der Waals surface area contributed by atoms with Gasteiger partial charge in [0, 0.05) is 31.3 Å². The van der Waals surface area contributed by atoms with E-state index < -0.39 is 0 Å². The molecule has 1 aliphatic heterocycles. The minimum atomic E-state index is 0.0953. The first-order chi connectivity index (χ1) is 6.27. The number of halogens is 1. The molecule has 1 aliphatic rings. The summed E-state index contributed by atoms with van der Waals surface area (Å²) in [5, 5.41) is 3.42. The number of nitrogens with zero attached hydrogens (tertiary/aromatic N) is 1. The van der Waals surface area contributed by atoms with Crippen LogP contribution in [0.5, 0.6) is 0 Å². The molecule has 0 spiro atoms. The van der Waals surface area contributed by atoms with Gasteiger partial charge in [-0.05, 0) is 11.6 Å². The summed E-state index contributed by atoms with van der Waals surface area (Å²) in [5.74, 6) is 0.306. The lowest BCUT2D eigenvalue weighted by atomic mass is 10.00. The zero-order valence-corrected chi connectivity index (χ0v) is 7.71. The van der Waals surface area contributed by atoms with Crippen molar-refractivity contribution in [2.45, 2.75) is 12.3 Å². The molecule has 0 radical (unpaired) electrons. The van der Waals surface area contributed by atoms with Crippen LogP contribution in [0.3, 0.4) is 0 Å². The summed E-state index contributed by atoms with van der Waals surface area (Å²) in [4.78, 5) is 14.9. The number of hydrogen-bond acceptors (Lipinski definition) is 2. The second-order valence-electron chi connectivity index (χ2n) is 3.10. The second kappa shape index (κ2) is 3.34. The molecule has 2 rings (SSSR count). The Morgan fingerprint density at radius 3 is 3.08 bits per heavy atom. The van der Waals surface area contributed by atoms with E-state index in [4.69, 9.17) is 11.6 Å². The summed E-state index contributed by atoms with van der Waals surface area (Å²) in [6.45, 7) is 0.683. The van der Waals surface area contributed by atoms with Gasteiger partial charge >= 0.3 is 0 Å². The maximum atomic E-state index is 11.0. The third kappa shape index (κ3) is 1.65. The molecule has 4 heteroatoms. The van der Waals surface area contributed by atoms with Crippen molar-refractivity contribution in [1.29, 1.82) is 0 Å². The molecule has 1 saturated heterocycles. The lowest BCUT2D eigenvalue weighted by molar-refractivity contribution is -0.119. The van der Waals surface area contributed by atoms with E-state index in [1.54, 1.807) is 12.4 Å². The van der Waals surface area contributed by atoms with Gasteiger partial charge in [-0.2, -0.15) is 0 Å². The number of nitrogens with one attached hydrogen (secondary N) is 1. The largest absolute Gasteiger partial charge is 0.355 e. The number of carbonyl (C=O) groups excluding carboxylic acids is 1. The molecule has 2 heterocycles. The molecule has 68 valence electrons. The Bertz CT molecular complexity index is 340. The number of rotatable bonds is 1. The summed E-state index contributed by atoms with van der Waals surface area (Å²) in [5.41, 5.74) is 1.01. The van der Waals surface area contributed by atoms with Crippen LogP contribution in [-0.2, 0) is 4.79 Å². The van der Waals surface area contributed by atoms with Crippen molar-refractivity contribution in [1.82, 2.24) is 10.3 Å². The van der Waals surface area contributed by atoms with E-state index >= 15 is 0 Å². The normalized spacial score (nSPS) is 21.6. The van der Waals surface area contributed by atoms with Gasteiger partial charge in [0.1, 0.15) is 0 Å². The lowest BCUT2D eigenvalue weighted by Crippen LogP contribution is -2.13. The Morgan fingerprint density at radius 2 is 2.46 bits per heavy atom. The molecule has 1 amide bonds. The number of carbonyl (C=O) groups is 1. The van der Waals surface area contributed by atoms with Gasteiger partial charge in [-0.25, -0.2) is 0 Å². The van der Waals surface area contributed by atoms with Crippen molar-refractivity contribution in [2.24, 2.45) is 0 Å². The highest BCUT2D eigenvalue weighted by Gasteiger charge is 2.24. The van der Waals surface area contributed by atoms with Crippen LogP contribution in [0.4, 0.5) is 0 Å². The third-order valence-corrected chi connectivity index (χ3v) is 2.54. The minimum Gasteiger partial charge on any atom is -0.355 e. The van der Waals surface area contributed by atoms with Crippen LogP contribution in [-0.4, -0.2) is 17.4 Å². The minimum absolute atomic E-state index is 0.0953. The Labute approximate surface area is 81.1 Å². The van der Waals surface area contributed by atoms with Crippen LogP contribution < -0.4 is 5.32 Å². The Morgan fingerprint density at radius 1 is 1.62 bits per heavy atom. The quantitative estimate of drug-likeness (QED) is 0.737. The predicted octanol–water partition coefficient (Wildman–Crippen LogP) is 1.34. The predicted molar refractivity (Wildman–Crippen MR) is 49.6 cm³/mol. The van der Waals surface area contributed by atoms with E-state index in [1.165, 1.54) is 0 Å². The Kier molecular flexibility index (Phi) is 2.19. The molecule has 3 nitrogen and oxygen atoms in total. The Balaban J connectivity index is 2.26. The van der Waals surface area contributed by atoms with Crippen molar-refractivity contribution >= 4 is 17.5 Å². The monoisotopic (exact) mass is 196 g/mol. The number of amides is 1. The topological polar surface area (TPSA) is 42.0 Å². The van der Waals surface area contributed by atoms with Crippen molar-refractivity contribution < 1.29 is 4.79 Å². The number of pyridine rings is 1. The van der Waals surface area contributed by atoms with Crippen LogP contribution >= 0.6 is 11.6 Å². The Hall–Kier alpha value is -1.09. The van der Waals surface area contributed by atoms with E-state index in [9.17, 15) is 4.79 Å². The second-order valence-corrected chi connectivity index (χ2v) is 3.51. The fourth-order valence-corrected chi connectivity index (χ4v) is 1.82. The summed E-state index contributed by atoms with van der Waals surface area (Å²) < 4.78 is 0. The highest BCUT2D eigenvalue weighted by atomic mass is 35.5. The van der Waals surface area contributed by atoms with E-state index in [-0.39, 0.29) is 11.8 Å². The summed E-state index contributed by atoms with van der Waals surface area (Å²) >= 11 is 5.95. The van der Waals surface area contributed by atoms with E-state index in [0.29, 0.717) is 18.0 Å². The third-order valence-electron chi connectivity index (χ3n) is 2.22. The molecular formula is C9H9ClN2O. The summed E-state index contributed by atoms with van der Waals surface area (Å²) in [6.07, 6.45) is 3.84. The SMILES string of the molecule is O=C1CC(c2ccncc2Cl)CN1. The van der Waals surface area contributed by atoms with Crippen LogP contribution in [0.1, 0.15) is 17.9 Å². The van der Waals surface area contributed by atoms with Gasteiger partial charge < -0.3 is 5.32 Å². The first kappa shape index (κ1) is 8.51. The maximum Gasteiger partial charge on any atom is 0.220 e. The van der Waals surface area contributed by atoms with Gasteiger partial charge in [0.25, 0.3) is 0 Å². The zero-order chi connectivity index (χ0) is 9.26. The molecule has 1 N–H and O–H groups in total. The first-order valence-corrected chi connectivity index (χ1v) is 4.51. The van der Waals surface area contributed by atoms with Crippen LogP contribution in [0.2, 0.25) is 5.02 Å². The highest BCUT2D eigenvalue weighted by Crippen LogP contribution is 2.28. The average Bonchev–Trinajstić information content (AvgIpc) is 2.53. The van der Waals surface area contributed by atoms with Crippen molar-refractivity contribution in [3.8, 4) is 0 Å². The van der Waals surface area contributed by atoms with Crippen molar-refractivity contribution in [2.75, 3.05) is 6.54 Å². The van der Waals surface area contributed by atoms with Crippen molar-refractivity contribution in [3.05, 3.63) is 29.0 Å². The van der Waals surface area contributed by atoms with E-state index in [1.807, 2.05) is 6.07 Å². The summed E-state index contributed by atoms with van der Waals surface area (Å²) in [7, 11) is 0. The molecule has 1 aromatic heterocycles. The molecule has 1 unspecified atom stereocenters. The summed E-state index contributed by atoms with van der Waals surface area (Å²) in [6, 6.07) is 1.87. The van der Waals surface area contributed by atoms with Crippen LogP contribution in [0.25, 0.3) is 0 Å². The van der Waals surface area contributed by atoms with Crippen LogP contribution in [0, 0.1) is 0 Å². The van der Waals surface area contributed by atoms with Gasteiger partial charge in [-0.15, -0.1) is 0 Å². The zero-order valence-electron chi connectivity index (χ0n) is 6.96. The van der Waals surface area contributed by atoms with E-state index in [0.717, 1.165) is 5.56 Å². The van der Waals surface area contributed by atoms with Gasteiger partial charge in [0.15, 0.2) is 0 Å². The van der Waals surface area contributed by atoms with E-state index in [2.05, 4.69) is 10.3 Å². The molecule has 0 saturated carbocycles. The maximum absolute atomic E-state index is 11.0. The highest BCUT2D eigenvalue weighted by molar-refractivity contribution is 6.31. The molecule has 1 atom stereocenters. The fourth-order valence-electron chi connectivity index (χ4n) is 1.54. The smallest absolute Gasteiger partial charge is 0.220 e. The van der Waals surface area contributed by atoms with Gasteiger partial charge in [0.2, 0.25) is 5.91 Å². The number of hydrogen-bond donors (Lipinski definition) is 1. The van der Waals surface area contributed by atoms with Gasteiger partial charge in [-0.1, -0.05) is 11.6 Å². The van der Waals surface area contributed by atoms with Crippen LogP contribution in [0.15, 0.2) is 18.5 Å². The fraction of sp³-hybridized carbons (Fsp3) is 0.333.